The number of halogens is 3. The van der Waals surface area contributed by atoms with E-state index in [1.165, 1.54) is 24.3 Å². The van der Waals surface area contributed by atoms with E-state index in [2.05, 4.69) is 13.5 Å². The zero-order valence-electron chi connectivity index (χ0n) is 22.3. The zero-order chi connectivity index (χ0) is 27.9. The van der Waals surface area contributed by atoms with Crippen molar-refractivity contribution in [2.45, 2.75) is 64.3 Å². The fourth-order valence-electron chi connectivity index (χ4n) is 6.96. The normalized spacial score (nSPS) is 30.8. The summed E-state index contributed by atoms with van der Waals surface area (Å²) in [6.07, 6.45) is 2.28. The molecule has 1 aromatic carbocycles. The molecule has 0 saturated heterocycles. The number of ether oxygens (including phenoxy) is 3. The SMILES string of the molecule is C=C1CC[C@H]2C(C)(C)[C@@H](OC(=O)[C@](OC)(c3ccccc3)C(F)(F)F)CC[C@]2(C)[C@H]1/C=C/C1=CCOC1=O. The van der Waals surface area contributed by atoms with Crippen molar-refractivity contribution in [1.29, 1.82) is 0 Å². The van der Waals surface area contributed by atoms with E-state index < -0.39 is 29.3 Å². The molecule has 2 aliphatic carbocycles. The van der Waals surface area contributed by atoms with Gasteiger partial charge in [0.15, 0.2) is 0 Å². The molecule has 2 fully saturated rings. The number of hydrogen-bond acceptors (Lipinski definition) is 5. The molecule has 0 spiro atoms. The van der Waals surface area contributed by atoms with Gasteiger partial charge in [0, 0.05) is 24.0 Å². The summed E-state index contributed by atoms with van der Waals surface area (Å²) in [5.74, 6) is -1.82. The minimum atomic E-state index is -5.03. The van der Waals surface area contributed by atoms with Crippen LogP contribution in [0.1, 0.15) is 52.0 Å². The number of allylic oxidation sites excluding steroid dienone is 2. The summed E-state index contributed by atoms with van der Waals surface area (Å²) in [6.45, 7) is 10.6. The summed E-state index contributed by atoms with van der Waals surface area (Å²) in [6, 6.07) is 6.88. The molecule has 5 atom stereocenters. The number of esters is 2. The fraction of sp³-hybridized carbons (Fsp3) is 0.533. The number of methoxy groups -OCH3 is 1. The molecule has 4 rings (SSSR count). The predicted molar refractivity (Wildman–Crippen MR) is 136 cm³/mol. The van der Waals surface area contributed by atoms with Gasteiger partial charge in [-0.15, -0.1) is 0 Å². The molecule has 0 radical (unpaired) electrons. The van der Waals surface area contributed by atoms with Gasteiger partial charge in [-0.1, -0.05) is 75.4 Å². The first kappa shape index (κ1) is 28.1. The van der Waals surface area contributed by atoms with Crippen LogP contribution >= 0.6 is 0 Å². The number of alkyl halides is 3. The lowest BCUT2D eigenvalue weighted by atomic mass is 9.47. The Bertz CT molecular complexity index is 1150. The Kier molecular flexibility index (Phi) is 7.43. The van der Waals surface area contributed by atoms with Gasteiger partial charge in [-0.3, -0.25) is 0 Å². The molecule has 38 heavy (non-hydrogen) atoms. The van der Waals surface area contributed by atoms with Gasteiger partial charge in [-0.05, 0) is 43.1 Å². The second-order valence-electron chi connectivity index (χ2n) is 11.4. The molecule has 1 aromatic rings. The van der Waals surface area contributed by atoms with E-state index in [1.54, 1.807) is 18.2 Å². The average molecular weight is 533 g/mol. The van der Waals surface area contributed by atoms with Gasteiger partial charge in [-0.2, -0.15) is 13.2 Å². The lowest BCUT2D eigenvalue weighted by molar-refractivity contribution is -0.282. The van der Waals surface area contributed by atoms with E-state index in [0.717, 1.165) is 25.5 Å². The maximum absolute atomic E-state index is 14.4. The average Bonchev–Trinajstić information content (AvgIpc) is 3.25. The Hall–Kier alpha value is -2.87. The van der Waals surface area contributed by atoms with Crippen LogP contribution in [0.4, 0.5) is 13.2 Å². The molecule has 0 N–H and O–H groups in total. The maximum atomic E-state index is 14.4. The molecule has 1 aliphatic heterocycles. The third kappa shape index (κ3) is 4.51. The van der Waals surface area contributed by atoms with Gasteiger partial charge in [0.1, 0.15) is 12.7 Å². The molecule has 1 heterocycles. The number of cyclic esters (lactones) is 1. The van der Waals surface area contributed by atoms with Crippen LogP contribution in [0.2, 0.25) is 0 Å². The minimum Gasteiger partial charge on any atom is -0.459 e. The van der Waals surface area contributed by atoms with Crippen LogP contribution < -0.4 is 0 Å². The highest BCUT2D eigenvalue weighted by Gasteiger charge is 2.65. The smallest absolute Gasteiger partial charge is 0.432 e. The lowest BCUT2D eigenvalue weighted by Gasteiger charge is -2.59. The molecule has 0 aromatic heterocycles. The fourth-order valence-corrected chi connectivity index (χ4v) is 6.96. The standard InChI is InChI=1S/C30H35F3O5/c1-19-11-14-23-27(2,3)24(15-17-28(23,4)22(19)13-12-20-16-18-37-25(20)34)38-26(35)29(36-5,30(31,32)33)21-9-7-6-8-10-21/h6-10,12-13,16,22-24H,1,11,14-15,17-18H2,2-5H3/b13-12+/t22-,23-,24-,28+,29+/m0/s1. The molecule has 2 saturated carbocycles. The number of rotatable bonds is 6. The van der Waals surface area contributed by atoms with Crippen molar-refractivity contribution in [1.82, 2.24) is 0 Å². The Balaban J connectivity index is 1.62. The first-order valence-corrected chi connectivity index (χ1v) is 12.9. The largest absolute Gasteiger partial charge is 0.459 e. The number of benzene rings is 1. The summed E-state index contributed by atoms with van der Waals surface area (Å²) in [4.78, 5) is 25.3. The number of hydrogen-bond donors (Lipinski definition) is 0. The van der Waals surface area contributed by atoms with Gasteiger partial charge in [0.2, 0.25) is 0 Å². The van der Waals surface area contributed by atoms with Crippen molar-refractivity contribution in [3.63, 3.8) is 0 Å². The van der Waals surface area contributed by atoms with E-state index in [-0.39, 0.29) is 35.4 Å². The molecule has 3 aliphatic rings. The molecule has 0 amide bonds. The maximum Gasteiger partial charge on any atom is 0.432 e. The van der Waals surface area contributed by atoms with E-state index in [4.69, 9.17) is 14.2 Å². The first-order valence-electron chi connectivity index (χ1n) is 12.9. The van der Waals surface area contributed by atoms with Crippen molar-refractivity contribution in [3.8, 4) is 0 Å². The Morgan fingerprint density at radius 2 is 1.84 bits per heavy atom. The van der Waals surface area contributed by atoms with E-state index in [0.29, 0.717) is 18.4 Å². The van der Waals surface area contributed by atoms with Crippen LogP contribution in [-0.4, -0.2) is 37.9 Å². The topological polar surface area (TPSA) is 61.8 Å². The quantitative estimate of drug-likeness (QED) is 0.311. The van der Waals surface area contributed by atoms with Crippen LogP contribution in [0.25, 0.3) is 0 Å². The Morgan fingerprint density at radius 3 is 2.42 bits per heavy atom. The summed E-state index contributed by atoms with van der Waals surface area (Å²) in [5.41, 5.74) is -2.88. The lowest BCUT2D eigenvalue weighted by Crippen LogP contribution is -2.58. The van der Waals surface area contributed by atoms with Gasteiger partial charge in [0.25, 0.3) is 5.60 Å². The summed E-state index contributed by atoms with van der Waals surface area (Å²) in [5, 5.41) is 0. The first-order chi connectivity index (χ1) is 17.8. The van der Waals surface area contributed by atoms with Crippen LogP contribution in [0, 0.1) is 22.7 Å². The van der Waals surface area contributed by atoms with Crippen molar-refractivity contribution in [2.75, 3.05) is 13.7 Å². The molecular weight excluding hydrogens is 497 g/mol. The third-order valence-corrected chi connectivity index (χ3v) is 9.02. The molecular formula is C30H35F3O5. The second kappa shape index (κ2) is 10.0. The van der Waals surface area contributed by atoms with E-state index in [1.807, 2.05) is 19.9 Å². The second-order valence-corrected chi connectivity index (χ2v) is 11.4. The summed E-state index contributed by atoms with van der Waals surface area (Å²) < 4.78 is 59.0. The van der Waals surface area contributed by atoms with Crippen molar-refractivity contribution >= 4 is 11.9 Å². The van der Waals surface area contributed by atoms with Crippen molar-refractivity contribution in [2.24, 2.45) is 22.7 Å². The Morgan fingerprint density at radius 1 is 1.16 bits per heavy atom. The monoisotopic (exact) mass is 532 g/mol. The van der Waals surface area contributed by atoms with Gasteiger partial charge in [-0.25, -0.2) is 9.59 Å². The van der Waals surface area contributed by atoms with Crippen molar-refractivity contribution in [3.05, 3.63) is 71.8 Å². The summed E-state index contributed by atoms with van der Waals surface area (Å²) >= 11 is 0. The van der Waals surface area contributed by atoms with Gasteiger partial charge >= 0.3 is 18.1 Å². The van der Waals surface area contributed by atoms with Crippen molar-refractivity contribution < 1.29 is 37.0 Å². The molecule has 5 nitrogen and oxygen atoms in total. The number of carbonyl (C=O) groups is 2. The highest BCUT2D eigenvalue weighted by atomic mass is 19.4. The van der Waals surface area contributed by atoms with Crippen LogP contribution in [-0.2, 0) is 29.4 Å². The van der Waals surface area contributed by atoms with E-state index in [9.17, 15) is 22.8 Å². The predicted octanol–water partition coefficient (Wildman–Crippen LogP) is 6.45. The molecule has 0 bridgehead atoms. The van der Waals surface area contributed by atoms with Crippen LogP contribution in [0.15, 0.2) is 66.3 Å². The van der Waals surface area contributed by atoms with Crippen LogP contribution in [0.5, 0.6) is 0 Å². The van der Waals surface area contributed by atoms with Gasteiger partial charge in [0.05, 0.1) is 5.57 Å². The highest BCUT2D eigenvalue weighted by molar-refractivity contribution is 5.93. The molecule has 206 valence electrons. The minimum absolute atomic E-state index is 0.0331. The van der Waals surface area contributed by atoms with Gasteiger partial charge < -0.3 is 14.2 Å². The Labute approximate surface area is 221 Å². The highest BCUT2D eigenvalue weighted by Crippen LogP contribution is 2.62. The third-order valence-electron chi connectivity index (χ3n) is 9.02. The number of carbonyl (C=O) groups excluding carboxylic acids is 2. The zero-order valence-corrected chi connectivity index (χ0v) is 22.3. The number of fused-ring (bicyclic) bond motifs is 1. The summed E-state index contributed by atoms with van der Waals surface area (Å²) in [7, 11) is 0.879. The van der Waals surface area contributed by atoms with Crippen LogP contribution in [0.3, 0.4) is 0 Å². The van der Waals surface area contributed by atoms with E-state index >= 15 is 0 Å². The molecule has 8 heteroatoms. The molecule has 0 unspecified atom stereocenters.